The van der Waals surface area contributed by atoms with Crippen LogP contribution in [0.15, 0.2) is 24.3 Å². The van der Waals surface area contributed by atoms with E-state index >= 15 is 0 Å². The van der Waals surface area contributed by atoms with Crippen LogP contribution in [0.2, 0.25) is 0 Å². The van der Waals surface area contributed by atoms with Gasteiger partial charge in [-0.25, -0.2) is 19.6 Å². The topological polar surface area (TPSA) is 200 Å². The van der Waals surface area contributed by atoms with Gasteiger partial charge in [-0.05, 0) is 24.1 Å². The minimum Gasteiger partial charge on any atom is -0.481 e. The number of aliphatic hydroxyl groups is 1. The molecule has 2 aliphatic rings. The van der Waals surface area contributed by atoms with Crippen molar-refractivity contribution in [2.45, 2.75) is 57.7 Å². The summed E-state index contributed by atoms with van der Waals surface area (Å²) in [6.07, 6.45) is -1.34. The van der Waals surface area contributed by atoms with Crippen molar-refractivity contribution in [3.8, 4) is 0 Å². The van der Waals surface area contributed by atoms with Gasteiger partial charge in [0.15, 0.2) is 5.60 Å². The third-order valence-corrected chi connectivity index (χ3v) is 7.03. The molecule has 0 amide bonds. The summed E-state index contributed by atoms with van der Waals surface area (Å²) in [4.78, 5) is 56.8. The number of nitrogens with zero attached hydrogens (tertiary/aromatic N) is 4. The lowest BCUT2D eigenvalue weighted by Gasteiger charge is -2.34. The lowest BCUT2D eigenvalue weighted by atomic mass is 9.96. The number of rotatable bonds is 10. The standard InChI is InChI=1S/C23H30N4O3.C6H8O7/c1-16(2)21-24-20-15-26(14-17-4-6-18(7-5-17)23(28)29-3)9-8-19(20)22(25-21)27-10-12-30-13-11-27;7-3(8)1-6(13,5(11)12)2-4(9)10/h4-7,16H,8-15H2,1-3H3;13H,1-2H2,(H,7,8)(H,9,10)(H,11,12). The van der Waals surface area contributed by atoms with Gasteiger partial charge in [-0.1, -0.05) is 26.0 Å². The van der Waals surface area contributed by atoms with Crippen molar-refractivity contribution in [3.63, 3.8) is 0 Å². The van der Waals surface area contributed by atoms with E-state index in [0.29, 0.717) is 5.56 Å². The van der Waals surface area contributed by atoms with Crippen molar-refractivity contribution in [2.24, 2.45) is 0 Å². The van der Waals surface area contributed by atoms with Crippen LogP contribution in [0.4, 0.5) is 5.82 Å². The minimum atomic E-state index is -2.74. The summed E-state index contributed by atoms with van der Waals surface area (Å²) in [6.45, 7) is 10.2. The third-order valence-electron chi connectivity index (χ3n) is 7.03. The average Bonchev–Trinajstić information content (AvgIpc) is 2.96. The predicted molar refractivity (Wildman–Crippen MR) is 152 cm³/mol. The molecule has 14 nitrogen and oxygen atoms in total. The Labute approximate surface area is 248 Å². The number of carbonyl (C=O) groups is 4. The average molecular weight is 603 g/mol. The van der Waals surface area contributed by atoms with E-state index in [0.717, 1.165) is 69.7 Å². The fourth-order valence-electron chi connectivity index (χ4n) is 4.75. The molecule has 43 heavy (non-hydrogen) atoms. The highest BCUT2D eigenvalue weighted by Crippen LogP contribution is 2.29. The summed E-state index contributed by atoms with van der Waals surface area (Å²) < 4.78 is 10.3. The summed E-state index contributed by atoms with van der Waals surface area (Å²) in [6, 6.07) is 7.66. The Morgan fingerprint density at radius 1 is 0.977 bits per heavy atom. The highest BCUT2D eigenvalue weighted by atomic mass is 16.5. The largest absolute Gasteiger partial charge is 0.481 e. The van der Waals surface area contributed by atoms with E-state index in [1.165, 1.54) is 18.2 Å². The number of morpholine rings is 1. The van der Waals surface area contributed by atoms with Gasteiger partial charge in [-0.3, -0.25) is 14.5 Å². The molecule has 4 rings (SSSR count). The SMILES string of the molecule is COC(=O)c1ccc(CN2CCc3c(nc(C(C)C)nc3N3CCOCC3)C2)cc1.O=C(O)CC(O)(CC(=O)O)C(=O)O. The van der Waals surface area contributed by atoms with Crippen LogP contribution in [-0.2, 0) is 43.4 Å². The fourth-order valence-corrected chi connectivity index (χ4v) is 4.75. The van der Waals surface area contributed by atoms with Crippen LogP contribution in [0, 0.1) is 0 Å². The Morgan fingerprint density at radius 2 is 1.58 bits per heavy atom. The number of carboxylic acid groups (broad SMARTS) is 3. The molecule has 0 unspecified atom stereocenters. The number of carboxylic acids is 3. The molecule has 0 atom stereocenters. The molecule has 2 aliphatic heterocycles. The van der Waals surface area contributed by atoms with Crippen molar-refractivity contribution in [2.75, 3.05) is 44.9 Å². The molecule has 234 valence electrons. The predicted octanol–water partition coefficient (Wildman–Crippen LogP) is 1.53. The first-order valence-corrected chi connectivity index (χ1v) is 13.8. The van der Waals surface area contributed by atoms with Crippen LogP contribution < -0.4 is 4.90 Å². The molecule has 0 spiro atoms. The number of carbonyl (C=O) groups excluding carboxylic acids is 1. The smallest absolute Gasteiger partial charge is 0.337 e. The maximum atomic E-state index is 11.6. The number of hydrogen-bond acceptors (Lipinski definition) is 11. The first kappa shape index (κ1) is 33.4. The molecule has 0 bridgehead atoms. The quantitative estimate of drug-likeness (QED) is 0.285. The van der Waals surface area contributed by atoms with E-state index in [4.69, 9.17) is 39.9 Å². The molecule has 1 fully saturated rings. The molecule has 1 saturated heterocycles. The zero-order chi connectivity index (χ0) is 31.7. The Hall–Kier alpha value is -4.14. The molecule has 4 N–H and O–H groups in total. The van der Waals surface area contributed by atoms with Crippen LogP contribution in [0.5, 0.6) is 0 Å². The zero-order valence-corrected chi connectivity index (χ0v) is 24.5. The minimum absolute atomic E-state index is 0.288. The van der Waals surface area contributed by atoms with Crippen molar-refractivity contribution in [1.29, 1.82) is 0 Å². The zero-order valence-electron chi connectivity index (χ0n) is 24.5. The summed E-state index contributed by atoms with van der Waals surface area (Å²) in [7, 11) is 1.40. The maximum absolute atomic E-state index is 11.6. The molecule has 0 radical (unpaired) electrons. The van der Waals surface area contributed by atoms with E-state index in [2.05, 4.69) is 23.6 Å². The van der Waals surface area contributed by atoms with Gasteiger partial charge in [0.05, 0.1) is 44.4 Å². The Morgan fingerprint density at radius 3 is 2.09 bits per heavy atom. The van der Waals surface area contributed by atoms with Gasteiger partial charge in [0, 0.05) is 44.2 Å². The molecule has 3 heterocycles. The normalized spacial score (nSPS) is 15.2. The van der Waals surface area contributed by atoms with Gasteiger partial charge in [-0.15, -0.1) is 0 Å². The number of fused-ring (bicyclic) bond motifs is 1. The number of hydrogen-bond donors (Lipinski definition) is 4. The van der Waals surface area contributed by atoms with E-state index in [9.17, 15) is 19.2 Å². The molecule has 2 aromatic rings. The Balaban J connectivity index is 0.000000331. The Bertz CT molecular complexity index is 1290. The van der Waals surface area contributed by atoms with Gasteiger partial charge >= 0.3 is 23.9 Å². The van der Waals surface area contributed by atoms with E-state index in [1.807, 2.05) is 24.3 Å². The van der Waals surface area contributed by atoms with Crippen molar-refractivity contribution in [1.82, 2.24) is 14.9 Å². The molecular formula is C29H38N4O10. The summed E-state index contributed by atoms with van der Waals surface area (Å²) in [5.41, 5.74) is 1.45. The van der Waals surface area contributed by atoms with Crippen LogP contribution in [0.25, 0.3) is 0 Å². The molecule has 0 saturated carbocycles. The van der Waals surface area contributed by atoms with Crippen LogP contribution >= 0.6 is 0 Å². The highest BCUT2D eigenvalue weighted by molar-refractivity contribution is 5.89. The van der Waals surface area contributed by atoms with Crippen molar-refractivity contribution in [3.05, 3.63) is 52.5 Å². The number of ether oxygens (including phenoxy) is 2. The van der Waals surface area contributed by atoms with E-state index in [1.54, 1.807) is 0 Å². The number of aliphatic carboxylic acids is 3. The van der Waals surface area contributed by atoms with E-state index in [-0.39, 0.29) is 11.9 Å². The second-order valence-corrected chi connectivity index (χ2v) is 10.7. The van der Waals surface area contributed by atoms with Crippen LogP contribution in [0.3, 0.4) is 0 Å². The van der Waals surface area contributed by atoms with Crippen molar-refractivity contribution >= 4 is 29.7 Å². The number of anilines is 1. The van der Waals surface area contributed by atoms with Crippen molar-refractivity contribution < 1.29 is 49.1 Å². The summed E-state index contributed by atoms with van der Waals surface area (Å²) in [5, 5.41) is 33.8. The molecule has 14 heteroatoms. The highest BCUT2D eigenvalue weighted by Gasteiger charge is 2.40. The third kappa shape index (κ3) is 9.17. The van der Waals surface area contributed by atoms with Crippen LogP contribution in [0.1, 0.15) is 65.6 Å². The second-order valence-electron chi connectivity index (χ2n) is 10.7. The van der Waals surface area contributed by atoms with Gasteiger partial charge in [0.1, 0.15) is 11.6 Å². The maximum Gasteiger partial charge on any atom is 0.337 e. The second kappa shape index (κ2) is 14.8. The van der Waals surface area contributed by atoms with Gasteiger partial charge in [0.25, 0.3) is 0 Å². The summed E-state index contributed by atoms with van der Waals surface area (Å²) in [5.74, 6) is -3.01. The molecular weight excluding hydrogens is 564 g/mol. The number of methoxy groups -OCH3 is 1. The molecule has 1 aromatic heterocycles. The number of aromatic nitrogens is 2. The van der Waals surface area contributed by atoms with E-state index < -0.39 is 36.4 Å². The lowest BCUT2D eigenvalue weighted by molar-refractivity contribution is -0.170. The fraction of sp³-hybridized carbons (Fsp3) is 0.517. The number of benzene rings is 1. The first-order valence-electron chi connectivity index (χ1n) is 13.8. The lowest BCUT2D eigenvalue weighted by Crippen LogP contribution is -2.42. The van der Waals surface area contributed by atoms with Gasteiger partial charge in [0.2, 0.25) is 0 Å². The summed E-state index contributed by atoms with van der Waals surface area (Å²) >= 11 is 0. The van der Waals surface area contributed by atoms with Crippen LogP contribution in [-0.4, -0.2) is 105 Å². The van der Waals surface area contributed by atoms with Gasteiger partial charge in [-0.2, -0.15) is 0 Å². The Kier molecular flexibility index (Phi) is 11.5. The molecule has 0 aliphatic carbocycles. The van der Waals surface area contributed by atoms with Gasteiger partial charge < -0.3 is 34.8 Å². The monoisotopic (exact) mass is 602 g/mol. The first-order chi connectivity index (χ1) is 20.3. The number of esters is 1. The molecule has 1 aromatic carbocycles.